The van der Waals surface area contributed by atoms with Crippen molar-refractivity contribution in [3.05, 3.63) is 64.8 Å². The Morgan fingerprint density at radius 3 is 2.62 bits per heavy atom. The van der Waals surface area contributed by atoms with Crippen molar-refractivity contribution >= 4 is 28.4 Å². The number of primary amides is 1. The van der Waals surface area contributed by atoms with Gasteiger partial charge in [-0.15, -0.1) is 0 Å². The normalized spacial score (nSPS) is 10.8. The third-order valence-corrected chi connectivity index (χ3v) is 3.96. The summed E-state index contributed by atoms with van der Waals surface area (Å²) in [5.41, 5.74) is 10.2. The van der Waals surface area contributed by atoms with Crippen LogP contribution in [0.4, 0.5) is 5.69 Å². The van der Waals surface area contributed by atoms with Gasteiger partial charge in [-0.1, -0.05) is 24.3 Å². The van der Waals surface area contributed by atoms with Crippen LogP contribution in [0.5, 0.6) is 0 Å². The van der Waals surface area contributed by atoms with Crippen LogP contribution >= 0.6 is 0 Å². The Hall–Kier alpha value is -3.08. The molecule has 3 aromatic rings. The number of H-pyrrole nitrogens is 1. The predicted molar refractivity (Wildman–Crippen MR) is 95.1 cm³/mol. The van der Waals surface area contributed by atoms with E-state index in [0.717, 1.165) is 22.0 Å². The average Bonchev–Trinajstić information content (AvgIpc) is 2.93. The molecule has 3 rings (SSSR count). The molecule has 0 aliphatic heterocycles. The van der Waals surface area contributed by atoms with Crippen molar-refractivity contribution < 1.29 is 9.59 Å². The van der Waals surface area contributed by atoms with Gasteiger partial charge in [0.05, 0.1) is 6.42 Å². The first-order chi connectivity index (χ1) is 11.4. The van der Waals surface area contributed by atoms with Gasteiger partial charge in [0.2, 0.25) is 5.91 Å². The Bertz CT molecular complexity index is 941. The zero-order valence-corrected chi connectivity index (χ0v) is 13.6. The molecule has 122 valence electrons. The number of carbonyl (C=O) groups excluding carboxylic acids is 2. The second-order valence-corrected chi connectivity index (χ2v) is 5.98. The van der Waals surface area contributed by atoms with E-state index >= 15 is 0 Å². The van der Waals surface area contributed by atoms with Crippen LogP contribution in [0.1, 0.15) is 27.2 Å². The summed E-state index contributed by atoms with van der Waals surface area (Å²) in [7, 11) is 0. The van der Waals surface area contributed by atoms with Crippen LogP contribution in [0.15, 0.2) is 42.5 Å². The summed E-state index contributed by atoms with van der Waals surface area (Å²) in [5, 5.41) is 3.87. The monoisotopic (exact) mass is 321 g/mol. The van der Waals surface area contributed by atoms with Crippen LogP contribution < -0.4 is 11.1 Å². The van der Waals surface area contributed by atoms with E-state index in [0.29, 0.717) is 16.9 Å². The van der Waals surface area contributed by atoms with Gasteiger partial charge >= 0.3 is 0 Å². The fourth-order valence-corrected chi connectivity index (χ4v) is 2.90. The Labute approximate surface area is 139 Å². The number of nitrogens with two attached hydrogens (primary N) is 1. The molecule has 0 unspecified atom stereocenters. The van der Waals surface area contributed by atoms with Crippen LogP contribution in [-0.2, 0) is 11.2 Å². The maximum absolute atomic E-state index is 12.6. The fraction of sp³-hybridized carbons (Fsp3) is 0.158. The molecule has 1 aromatic heterocycles. The van der Waals surface area contributed by atoms with Crippen LogP contribution in [0.25, 0.3) is 10.9 Å². The Morgan fingerprint density at radius 2 is 1.88 bits per heavy atom. The largest absolute Gasteiger partial charge is 0.369 e. The molecule has 0 spiro atoms. The van der Waals surface area contributed by atoms with E-state index in [9.17, 15) is 9.59 Å². The fourth-order valence-electron chi connectivity index (χ4n) is 2.90. The lowest BCUT2D eigenvalue weighted by molar-refractivity contribution is -0.117. The van der Waals surface area contributed by atoms with Gasteiger partial charge in [-0.3, -0.25) is 9.59 Å². The molecule has 5 nitrogen and oxygen atoms in total. The Kier molecular flexibility index (Phi) is 4.08. The van der Waals surface area contributed by atoms with Crippen LogP contribution in [0, 0.1) is 13.8 Å². The standard InChI is InChI=1S/C19H19N3O2/c1-11-7-12(2)14-10-17(21-16(14)8-11)19(24)22-15-6-4-3-5-13(15)9-18(20)23/h3-8,10,21H,9H2,1-2H3,(H2,20,23)(H,22,24). The van der Waals surface area contributed by atoms with Gasteiger partial charge in [0, 0.05) is 16.6 Å². The number of fused-ring (bicyclic) bond motifs is 1. The molecule has 0 saturated heterocycles. The van der Waals surface area contributed by atoms with E-state index in [-0.39, 0.29) is 12.3 Å². The smallest absolute Gasteiger partial charge is 0.272 e. The highest BCUT2D eigenvalue weighted by atomic mass is 16.2. The van der Waals surface area contributed by atoms with Crippen LogP contribution in [0.2, 0.25) is 0 Å². The highest BCUT2D eigenvalue weighted by Crippen LogP contribution is 2.23. The number of hydrogen-bond acceptors (Lipinski definition) is 2. The lowest BCUT2D eigenvalue weighted by atomic mass is 10.1. The molecule has 0 aliphatic rings. The highest BCUT2D eigenvalue weighted by Gasteiger charge is 2.13. The molecule has 4 N–H and O–H groups in total. The zero-order valence-electron chi connectivity index (χ0n) is 13.6. The second kappa shape index (κ2) is 6.20. The zero-order chi connectivity index (χ0) is 17.3. The van der Waals surface area contributed by atoms with Gasteiger partial charge in [-0.2, -0.15) is 0 Å². The van der Waals surface area contributed by atoms with Crippen molar-refractivity contribution in [1.82, 2.24) is 4.98 Å². The average molecular weight is 321 g/mol. The number of amides is 2. The summed E-state index contributed by atoms with van der Waals surface area (Å²) in [6.07, 6.45) is 0.0848. The maximum Gasteiger partial charge on any atom is 0.272 e. The molecule has 0 bridgehead atoms. The molecule has 0 atom stereocenters. The molecule has 0 aliphatic carbocycles. The molecule has 5 heteroatoms. The third-order valence-electron chi connectivity index (χ3n) is 3.96. The number of carbonyl (C=O) groups is 2. The van der Waals surface area contributed by atoms with Gasteiger partial charge < -0.3 is 16.0 Å². The number of nitrogens with one attached hydrogen (secondary N) is 2. The van der Waals surface area contributed by atoms with Gasteiger partial charge in [0.25, 0.3) is 5.91 Å². The minimum absolute atomic E-state index is 0.0848. The number of anilines is 1. The van der Waals surface area contributed by atoms with Gasteiger partial charge in [-0.05, 0) is 48.7 Å². The molecule has 0 radical (unpaired) electrons. The Balaban J connectivity index is 1.91. The summed E-state index contributed by atoms with van der Waals surface area (Å²) < 4.78 is 0. The van der Waals surface area contributed by atoms with E-state index in [1.54, 1.807) is 18.2 Å². The number of rotatable bonds is 4. The number of aromatic nitrogens is 1. The number of para-hydroxylation sites is 1. The molecule has 0 fully saturated rings. The molecule has 2 aromatic carbocycles. The first-order valence-electron chi connectivity index (χ1n) is 7.71. The Morgan fingerprint density at radius 1 is 1.12 bits per heavy atom. The number of aryl methyl sites for hydroxylation is 2. The summed E-state index contributed by atoms with van der Waals surface area (Å²) in [4.78, 5) is 26.9. The van der Waals surface area contributed by atoms with Crippen LogP contribution in [-0.4, -0.2) is 16.8 Å². The van der Waals surface area contributed by atoms with Gasteiger partial charge in [0.1, 0.15) is 5.69 Å². The van der Waals surface area contributed by atoms with E-state index in [1.165, 1.54) is 0 Å². The van der Waals surface area contributed by atoms with Crippen molar-refractivity contribution in [3.63, 3.8) is 0 Å². The molecule has 24 heavy (non-hydrogen) atoms. The van der Waals surface area contributed by atoms with Crippen molar-refractivity contribution in [2.24, 2.45) is 5.73 Å². The van der Waals surface area contributed by atoms with Crippen LogP contribution in [0.3, 0.4) is 0 Å². The van der Waals surface area contributed by atoms with E-state index < -0.39 is 5.91 Å². The SMILES string of the molecule is Cc1cc(C)c2cc(C(=O)Nc3ccccc3CC(N)=O)[nH]c2c1. The quantitative estimate of drug-likeness (QED) is 0.689. The van der Waals surface area contributed by atoms with Crippen molar-refractivity contribution in [2.45, 2.75) is 20.3 Å². The van der Waals surface area contributed by atoms with Gasteiger partial charge in [-0.25, -0.2) is 0 Å². The number of hydrogen-bond donors (Lipinski definition) is 3. The molecular formula is C19H19N3O2. The summed E-state index contributed by atoms with van der Waals surface area (Å²) in [6.45, 7) is 4.04. The minimum Gasteiger partial charge on any atom is -0.369 e. The summed E-state index contributed by atoms with van der Waals surface area (Å²) in [6, 6.07) is 13.1. The highest BCUT2D eigenvalue weighted by molar-refractivity contribution is 6.06. The first kappa shape index (κ1) is 15.8. The maximum atomic E-state index is 12.6. The summed E-state index contributed by atoms with van der Waals surface area (Å²) >= 11 is 0. The lowest BCUT2D eigenvalue weighted by Gasteiger charge is -2.09. The minimum atomic E-state index is -0.437. The van der Waals surface area contributed by atoms with E-state index in [2.05, 4.69) is 16.4 Å². The number of benzene rings is 2. The lowest BCUT2D eigenvalue weighted by Crippen LogP contribution is -2.17. The van der Waals surface area contributed by atoms with Crippen molar-refractivity contribution in [1.29, 1.82) is 0 Å². The number of aromatic amines is 1. The summed E-state index contributed by atoms with van der Waals surface area (Å²) in [5.74, 6) is -0.686. The molecular weight excluding hydrogens is 302 g/mol. The van der Waals surface area contributed by atoms with Crippen molar-refractivity contribution in [2.75, 3.05) is 5.32 Å². The second-order valence-electron chi connectivity index (χ2n) is 5.98. The van der Waals surface area contributed by atoms with E-state index in [1.807, 2.05) is 32.0 Å². The molecule has 1 heterocycles. The molecule has 2 amide bonds. The van der Waals surface area contributed by atoms with E-state index in [4.69, 9.17) is 5.73 Å². The molecule has 0 saturated carbocycles. The third kappa shape index (κ3) is 3.15. The first-order valence-corrected chi connectivity index (χ1v) is 7.71. The predicted octanol–water partition coefficient (Wildman–Crippen LogP) is 3.06. The van der Waals surface area contributed by atoms with Gasteiger partial charge in [0.15, 0.2) is 0 Å². The van der Waals surface area contributed by atoms with Crippen molar-refractivity contribution in [3.8, 4) is 0 Å². The topological polar surface area (TPSA) is 88.0 Å².